The number of hydrogen-bond acceptors (Lipinski definition) is 2. The van der Waals surface area contributed by atoms with Crippen LogP contribution in [0, 0.1) is 0 Å². The number of nitrogens with zero attached hydrogens (tertiary/aromatic N) is 1. The molecular formula is C10H12BrNO. The van der Waals surface area contributed by atoms with Crippen molar-refractivity contribution in [2.24, 2.45) is 4.99 Å². The van der Waals surface area contributed by atoms with E-state index in [2.05, 4.69) is 20.9 Å². The second-order valence-electron chi connectivity index (χ2n) is 2.52. The molecule has 1 rings (SSSR count). The molecule has 0 N–H and O–H groups in total. The SMILES string of the molecule is CCOC(C)=Nc1ccccc1Br. The highest BCUT2D eigenvalue weighted by molar-refractivity contribution is 9.10. The van der Waals surface area contributed by atoms with Gasteiger partial charge >= 0.3 is 0 Å². The monoisotopic (exact) mass is 241 g/mol. The zero-order chi connectivity index (χ0) is 9.68. The number of hydrogen-bond donors (Lipinski definition) is 0. The van der Waals surface area contributed by atoms with Gasteiger partial charge in [-0.3, -0.25) is 0 Å². The molecule has 0 spiro atoms. The van der Waals surface area contributed by atoms with Gasteiger partial charge in [0.25, 0.3) is 0 Å². The topological polar surface area (TPSA) is 21.6 Å². The normalized spacial score (nSPS) is 11.5. The molecule has 0 aromatic heterocycles. The first-order valence-electron chi connectivity index (χ1n) is 4.16. The number of rotatable bonds is 2. The summed E-state index contributed by atoms with van der Waals surface area (Å²) < 4.78 is 6.21. The summed E-state index contributed by atoms with van der Waals surface area (Å²) in [6, 6.07) is 7.80. The largest absolute Gasteiger partial charge is 0.481 e. The summed E-state index contributed by atoms with van der Waals surface area (Å²) >= 11 is 3.41. The van der Waals surface area contributed by atoms with E-state index in [0.717, 1.165) is 10.2 Å². The molecule has 0 fully saturated rings. The Kier molecular flexibility index (Phi) is 3.96. The van der Waals surface area contributed by atoms with Crippen LogP contribution in [0.25, 0.3) is 0 Å². The Balaban J connectivity index is 2.84. The summed E-state index contributed by atoms with van der Waals surface area (Å²) in [7, 11) is 0. The lowest BCUT2D eigenvalue weighted by Crippen LogP contribution is -1.97. The molecule has 70 valence electrons. The smallest absolute Gasteiger partial charge is 0.185 e. The minimum Gasteiger partial charge on any atom is -0.481 e. The van der Waals surface area contributed by atoms with E-state index in [9.17, 15) is 0 Å². The number of aliphatic imine (C=N–C) groups is 1. The fourth-order valence-electron chi connectivity index (χ4n) is 0.953. The van der Waals surface area contributed by atoms with Gasteiger partial charge in [0.15, 0.2) is 5.90 Å². The Morgan fingerprint density at radius 3 is 2.77 bits per heavy atom. The van der Waals surface area contributed by atoms with Crippen LogP contribution in [0.3, 0.4) is 0 Å². The maximum Gasteiger partial charge on any atom is 0.185 e. The molecule has 1 aromatic carbocycles. The molecule has 0 bridgehead atoms. The van der Waals surface area contributed by atoms with Gasteiger partial charge in [-0.15, -0.1) is 0 Å². The highest BCUT2D eigenvalue weighted by Crippen LogP contribution is 2.24. The average molecular weight is 242 g/mol. The number of halogens is 1. The molecule has 0 saturated carbocycles. The van der Waals surface area contributed by atoms with E-state index in [1.54, 1.807) is 0 Å². The molecule has 0 unspecified atom stereocenters. The van der Waals surface area contributed by atoms with Crippen molar-refractivity contribution in [1.29, 1.82) is 0 Å². The standard InChI is InChI=1S/C10H12BrNO/c1-3-13-8(2)12-10-7-5-4-6-9(10)11/h4-7H,3H2,1-2H3. The van der Waals surface area contributed by atoms with Crippen LogP contribution < -0.4 is 0 Å². The van der Waals surface area contributed by atoms with Crippen molar-refractivity contribution in [3.8, 4) is 0 Å². The van der Waals surface area contributed by atoms with Crippen molar-refractivity contribution in [2.75, 3.05) is 6.61 Å². The van der Waals surface area contributed by atoms with Crippen LogP contribution in [-0.2, 0) is 4.74 Å². The van der Waals surface area contributed by atoms with Crippen LogP contribution in [0.4, 0.5) is 5.69 Å². The molecule has 0 aliphatic heterocycles. The molecule has 0 amide bonds. The lowest BCUT2D eigenvalue weighted by atomic mass is 10.3. The predicted molar refractivity (Wildman–Crippen MR) is 58.5 cm³/mol. The van der Waals surface area contributed by atoms with E-state index in [1.165, 1.54) is 0 Å². The van der Waals surface area contributed by atoms with Crippen LogP contribution in [0.2, 0.25) is 0 Å². The molecule has 0 aliphatic rings. The van der Waals surface area contributed by atoms with E-state index in [1.807, 2.05) is 38.1 Å². The molecule has 13 heavy (non-hydrogen) atoms. The Hall–Kier alpha value is -0.830. The Labute approximate surface area is 86.8 Å². The third-order valence-electron chi connectivity index (χ3n) is 1.48. The van der Waals surface area contributed by atoms with Crippen molar-refractivity contribution >= 4 is 27.5 Å². The zero-order valence-electron chi connectivity index (χ0n) is 7.75. The fraction of sp³-hybridized carbons (Fsp3) is 0.300. The van der Waals surface area contributed by atoms with Crippen LogP contribution in [-0.4, -0.2) is 12.5 Å². The van der Waals surface area contributed by atoms with Gasteiger partial charge in [-0.2, -0.15) is 0 Å². The van der Waals surface area contributed by atoms with Crippen molar-refractivity contribution in [2.45, 2.75) is 13.8 Å². The zero-order valence-corrected chi connectivity index (χ0v) is 9.34. The maximum atomic E-state index is 5.23. The molecule has 0 saturated heterocycles. The predicted octanol–water partition coefficient (Wildman–Crippen LogP) is 3.54. The Bertz CT molecular complexity index is 310. The summed E-state index contributed by atoms with van der Waals surface area (Å²) in [6.07, 6.45) is 0. The molecular weight excluding hydrogens is 230 g/mol. The quantitative estimate of drug-likeness (QED) is 0.574. The van der Waals surface area contributed by atoms with Crippen molar-refractivity contribution in [3.63, 3.8) is 0 Å². The van der Waals surface area contributed by atoms with Crippen molar-refractivity contribution in [3.05, 3.63) is 28.7 Å². The highest BCUT2D eigenvalue weighted by Gasteiger charge is 1.96. The van der Waals surface area contributed by atoms with E-state index in [0.29, 0.717) is 12.5 Å². The summed E-state index contributed by atoms with van der Waals surface area (Å²) in [6.45, 7) is 4.45. The van der Waals surface area contributed by atoms with Crippen molar-refractivity contribution < 1.29 is 4.74 Å². The third kappa shape index (κ3) is 3.19. The second kappa shape index (κ2) is 5.02. The number of ether oxygens (including phenoxy) is 1. The fourth-order valence-corrected chi connectivity index (χ4v) is 1.33. The molecule has 0 atom stereocenters. The third-order valence-corrected chi connectivity index (χ3v) is 2.15. The number of benzene rings is 1. The first-order valence-corrected chi connectivity index (χ1v) is 4.96. The Morgan fingerprint density at radius 1 is 1.46 bits per heavy atom. The van der Waals surface area contributed by atoms with Gasteiger partial charge < -0.3 is 4.74 Å². The summed E-state index contributed by atoms with van der Waals surface area (Å²) in [5, 5.41) is 0. The van der Waals surface area contributed by atoms with Crippen molar-refractivity contribution in [1.82, 2.24) is 0 Å². The van der Waals surface area contributed by atoms with Gasteiger partial charge in [-0.1, -0.05) is 12.1 Å². The van der Waals surface area contributed by atoms with E-state index >= 15 is 0 Å². The average Bonchev–Trinajstić information content (AvgIpc) is 2.09. The van der Waals surface area contributed by atoms with Crippen LogP contribution in [0.15, 0.2) is 33.7 Å². The van der Waals surface area contributed by atoms with E-state index < -0.39 is 0 Å². The van der Waals surface area contributed by atoms with E-state index in [4.69, 9.17) is 4.74 Å². The first kappa shape index (κ1) is 10.3. The molecule has 2 nitrogen and oxygen atoms in total. The van der Waals surface area contributed by atoms with Crippen LogP contribution in [0.5, 0.6) is 0 Å². The first-order chi connectivity index (χ1) is 6.24. The Morgan fingerprint density at radius 2 is 2.15 bits per heavy atom. The van der Waals surface area contributed by atoms with Gasteiger partial charge in [0, 0.05) is 11.4 Å². The maximum absolute atomic E-state index is 5.23. The number of para-hydroxylation sites is 1. The van der Waals surface area contributed by atoms with Gasteiger partial charge in [0.2, 0.25) is 0 Å². The minimum atomic E-state index is 0.653. The van der Waals surface area contributed by atoms with Crippen LogP contribution in [0.1, 0.15) is 13.8 Å². The van der Waals surface area contributed by atoms with Gasteiger partial charge in [0.05, 0.1) is 12.3 Å². The van der Waals surface area contributed by atoms with Gasteiger partial charge in [-0.05, 0) is 35.0 Å². The lowest BCUT2D eigenvalue weighted by molar-refractivity contribution is 0.325. The minimum absolute atomic E-state index is 0.653. The van der Waals surface area contributed by atoms with Gasteiger partial charge in [0.1, 0.15) is 0 Å². The second-order valence-corrected chi connectivity index (χ2v) is 3.37. The van der Waals surface area contributed by atoms with Gasteiger partial charge in [-0.25, -0.2) is 4.99 Å². The van der Waals surface area contributed by atoms with E-state index in [-0.39, 0.29) is 0 Å². The highest BCUT2D eigenvalue weighted by atomic mass is 79.9. The lowest BCUT2D eigenvalue weighted by Gasteiger charge is -2.02. The molecule has 1 aromatic rings. The molecule has 3 heteroatoms. The molecule has 0 radical (unpaired) electrons. The van der Waals surface area contributed by atoms with Crippen LogP contribution >= 0.6 is 15.9 Å². The summed E-state index contributed by atoms with van der Waals surface area (Å²) in [4.78, 5) is 4.30. The summed E-state index contributed by atoms with van der Waals surface area (Å²) in [5.41, 5.74) is 0.897. The molecule has 0 aliphatic carbocycles. The molecule has 0 heterocycles. The summed E-state index contributed by atoms with van der Waals surface area (Å²) in [5.74, 6) is 0.689.